The van der Waals surface area contributed by atoms with Gasteiger partial charge in [0.1, 0.15) is 12.2 Å². The van der Waals surface area contributed by atoms with Crippen LogP contribution in [0.2, 0.25) is 0 Å². The van der Waals surface area contributed by atoms with Crippen LogP contribution in [0.3, 0.4) is 0 Å². The van der Waals surface area contributed by atoms with E-state index in [1.807, 2.05) is 54.0 Å². The third-order valence-electron chi connectivity index (χ3n) is 5.83. The lowest BCUT2D eigenvalue weighted by atomic mass is 10.1. The monoisotopic (exact) mass is 501 g/mol. The summed E-state index contributed by atoms with van der Waals surface area (Å²) in [5.41, 5.74) is 0.858. The lowest BCUT2D eigenvalue weighted by Crippen LogP contribution is -2.43. The van der Waals surface area contributed by atoms with Crippen molar-refractivity contribution in [3.05, 3.63) is 35.7 Å². The van der Waals surface area contributed by atoms with Crippen molar-refractivity contribution >= 4 is 12.0 Å². The van der Waals surface area contributed by atoms with Gasteiger partial charge in [0.15, 0.2) is 5.82 Å². The molecule has 198 valence electrons. The number of hydrogen-bond acceptors (Lipinski definition) is 8. The zero-order valence-electron chi connectivity index (χ0n) is 22.3. The van der Waals surface area contributed by atoms with E-state index in [-0.39, 0.29) is 24.7 Å². The minimum atomic E-state index is -0.501. The molecule has 0 aliphatic carbocycles. The first-order chi connectivity index (χ1) is 17.0. The quantitative estimate of drug-likeness (QED) is 0.513. The van der Waals surface area contributed by atoms with E-state index < -0.39 is 5.60 Å². The van der Waals surface area contributed by atoms with Crippen LogP contribution in [0.5, 0.6) is 0 Å². The van der Waals surface area contributed by atoms with Crippen molar-refractivity contribution in [3.63, 3.8) is 0 Å². The summed E-state index contributed by atoms with van der Waals surface area (Å²) < 4.78 is 16.8. The van der Waals surface area contributed by atoms with Crippen LogP contribution in [0.1, 0.15) is 56.2 Å². The summed E-state index contributed by atoms with van der Waals surface area (Å²) in [5.74, 6) is 0.824. The van der Waals surface area contributed by atoms with Gasteiger partial charge in [-0.05, 0) is 84.9 Å². The van der Waals surface area contributed by atoms with Crippen molar-refractivity contribution in [1.82, 2.24) is 24.8 Å². The Morgan fingerprint density at radius 3 is 2.36 bits per heavy atom. The van der Waals surface area contributed by atoms with Crippen molar-refractivity contribution in [2.45, 2.75) is 58.3 Å². The van der Waals surface area contributed by atoms with E-state index in [2.05, 4.69) is 15.0 Å². The topological polar surface area (TPSA) is 101 Å². The maximum atomic E-state index is 12.6. The normalized spacial score (nSPS) is 14.8. The molecule has 1 aliphatic heterocycles. The summed E-state index contributed by atoms with van der Waals surface area (Å²) in [6.07, 6.45) is 2.10. The second-order valence-corrected chi connectivity index (χ2v) is 10.5. The average Bonchev–Trinajstić information content (AvgIpc) is 3.30. The predicted molar refractivity (Wildman–Crippen MR) is 135 cm³/mol. The molecule has 2 amide bonds. The van der Waals surface area contributed by atoms with E-state index in [1.165, 1.54) is 0 Å². The summed E-state index contributed by atoms with van der Waals surface area (Å²) in [6.45, 7) is 8.63. The Morgan fingerprint density at radius 1 is 1.08 bits per heavy atom. The Hall–Kier alpha value is -2.98. The third-order valence-corrected chi connectivity index (χ3v) is 5.83. The fourth-order valence-electron chi connectivity index (χ4n) is 3.86. The van der Waals surface area contributed by atoms with Gasteiger partial charge in [-0.25, -0.2) is 4.79 Å². The number of carbonyl (C=O) groups is 2. The van der Waals surface area contributed by atoms with Crippen LogP contribution in [0.25, 0.3) is 11.5 Å². The molecule has 3 rings (SSSR count). The molecule has 0 radical (unpaired) electrons. The molecule has 0 saturated carbocycles. The van der Waals surface area contributed by atoms with E-state index in [0.29, 0.717) is 36.9 Å². The van der Waals surface area contributed by atoms with Gasteiger partial charge in [-0.2, -0.15) is 4.98 Å². The van der Waals surface area contributed by atoms with Gasteiger partial charge < -0.3 is 28.7 Å². The van der Waals surface area contributed by atoms with Gasteiger partial charge in [0.25, 0.3) is 11.8 Å². The number of nitrogens with zero attached hydrogens (tertiary/aromatic N) is 5. The first-order valence-corrected chi connectivity index (χ1v) is 12.4. The van der Waals surface area contributed by atoms with Crippen molar-refractivity contribution in [3.8, 4) is 11.5 Å². The highest BCUT2D eigenvalue weighted by molar-refractivity contribution is 5.94. The highest BCUT2D eigenvalue weighted by atomic mass is 16.6. The second kappa shape index (κ2) is 12.3. The number of carbonyl (C=O) groups excluding carboxylic acids is 2. The molecule has 1 fully saturated rings. The van der Waals surface area contributed by atoms with Crippen LogP contribution in [0.15, 0.2) is 28.8 Å². The largest absolute Gasteiger partial charge is 0.444 e. The highest BCUT2D eigenvalue weighted by Gasteiger charge is 2.27. The van der Waals surface area contributed by atoms with Gasteiger partial charge in [0.05, 0.1) is 6.10 Å². The van der Waals surface area contributed by atoms with Crippen molar-refractivity contribution in [2.75, 3.05) is 47.3 Å². The first kappa shape index (κ1) is 27.6. The lowest BCUT2D eigenvalue weighted by Gasteiger charge is -2.33. The SMILES string of the molecule is CN(C)CCCN(C)C(=O)c1ccc(-c2nc(COC3CCN(C(=O)OC(C)(C)C)CC3)no2)cc1. The molecule has 0 unspecified atom stereocenters. The van der Waals surface area contributed by atoms with Gasteiger partial charge in [0.2, 0.25) is 0 Å². The van der Waals surface area contributed by atoms with E-state index in [0.717, 1.165) is 31.4 Å². The number of hydrogen-bond donors (Lipinski definition) is 0. The van der Waals surface area contributed by atoms with Crippen molar-refractivity contribution in [2.24, 2.45) is 0 Å². The number of amides is 2. The van der Waals surface area contributed by atoms with Crippen LogP contribution >= 0.6 is 0 Å². The van der Waals surface area contributed by atoms with Crippen molar-refractivity contribution < 1.29 is 23.6 Å². The summed E-state index contributed by atoms with van der Waals surface area (Å²) in [4.78, 5) is 34.8. The molecule has 0 bridgehead atoms. The summed E-state index contributed by atoms with van der Waals surface area (Å²) >= 11 is 0. The fraction of sp³-hybridized carbons (Fsp3) is 0.615. The smallest absolute Gasteiger partial charge is 0.410 e. The fourth-order valence-corrected chi connectivity index (χ4v) is 3.86. The minimum Gasteiger partial charge on any atom is -0.444 e. The molecule has 0 atom stereocenters. The molecular formula is C26H39N5O5. The minimum absolute atomic E-state index is 0.0161. The molecule has 36 heavy (non-hydrogen) atoms. The molecule has 0 N–H and O–H groups in total. The van der Waals surface area contributed by atoms with Crippen LogP contribution in [-0.2, 0) is 16.1 Å². The molecule has 2 heterocycles. The highest BCUT2D eigenvalue weighted by Crippen LogP contribution is 2.21. The van der Waals surface area contributed by atoms with E-state index in [1.54, 1.807) is 21.9 Å². The molecule has 1 saturated heterocycles. The lowest BCUT2D eigenvalue weighted by molar-refractivity contribution is -0.0190. The number of likely N-dealkylation sites (tertiary alicyclic amines) is 1. The van der Waals surface area contributed by atoms with Crippen LogP contribution in [0.4, 0.5) is 4.79 Å². The van der Waals surface area contributed by atoms with E-state index >= 15 is 0 Å². The van der Waals surface area contributed by atoms with Gasteiger partial charge in [-0.3, -0.25) is 4.79 Å². The number of rotatable bonds is 9. The van der Waals surface area contributed by atoms with Gasteiger partial charge in [-0.15, -0.1) is 0 Å². The molecule has 1 aromatic heterocycles. The second-order valence-electron chi connectivity index (χ2n) is 10.5. The van der Waals surface area contributed by atoms with Gasteiger partial charge in [-0.1, -0.05) is 5.16 Å². The van der Waals surface area contributed by atoms with Gasteiger partial charge >= 0.3 is 6.09 Å². The molecule has 10 nitrogen and oxygen atoms in total. The van der Waals surface area contributed by atoms with E-state index in [4.69, 9.17) is 14.0 Å². The molecular weight excluding hydrogens is 462 g/mol. The number of piperidine rings is 1. The number of aromatic nitrogens is 2. The Labute approximate surface area is 213 Å². The zero-order chi connectivity index (χ0) is 26.3. The average molecular weight is 502 g/mol. The zero-order valence-corrected chi connectivity index (χ0v) is 22.3. The van der Waals surface area contributed by atoms with Crippen LogP contribution in [-0.4, -0.2) is 95.9 Å². The van der Waals surface area contributed by atoms with Crippen molar-refractivity contribution in [1.29, 1.82) is 0 Å². The Balaban J connectivity index is 1.45. The molecule has 1 aromatic carbocycles. The molecule has 2 aromatic rings. The molecule has 0 spiro atoms. The predicted octanol–water partition coefficient (Wildman–Crippen LogP) is 3.68. The number of ether oxygens (including phenoxy) is 2. The Bertz CT molecular complexity index is 991. The maximum Gasteiger partial charge on any atom is 0.410 e. The Morgan fingerprint density at radius 2 is 1.75 bits per heavy atom. The standard InChI is InChI=1S/C26H39N5O5/c1-26(2,3)35-25(33)31-16-12-21(13-17-31)34-18-22-27-23(36-28-22)19-8-10-20(11-9-19)24(32)30(6)15-7-14-29(4)5/h8-11,21H,7,12-18H2,1-6H3. The Kier molecular flexibility index (Phi) is 9.44. The maximum absolute atomic E-state index is 12.6. The number of benzene rings is 1. The van der Waals surface area contributed by atoms with Crippen LogP contribution in [0, 0.1) is 0 Å². The summed E-state index contributed by atoms with van der Waals surface area (Å²) in [7, 11) is 5.86. The van der Waals surface area contributed by atoms with Gasteiger partial charge in [0, 0.05) is 37.8 Å². The first-order valence-electron chi connectivity index (χ1n) is 12.4. The molecule has 10 heteroatoms. The van der Waals surface area contributed by atoms with E-state index in [9.17, 15) is 9.59 Å². The molecule has 1 aliphatic rings. The summed E-state index contributed by atoms with van der Waals surface area (Å²) in [5, 5.41) is 4.02. The van der Waals surface area contributed by atoms with Crippen LogP contribution < -0.4 is 0 Å². The third kappa shape index (κ3) is 8.30. The summed E-state index contributed by atoms with van der Waals surface area (Å²) in [6, 6.07) is 7.18.